The molecule has 4 heteroatoms. The fourth-order valence-corrected chi connectivity index (χ4v) is 2.69. The molecule has 1 N–H and O–H groups in total. The summed E-state index contributed by atoms with van der Waals surface area (Å²) in [6, 6.07) is 6.07. The average Bonchev–Trinajstić information content (AvgIpc) is 2.86. The number of hydrogen-bond donors (Lipinski definition) is 1. The van der Waals surface area contributed by atoms with Gasteiger partial charge in [0.2, 0.25) is 0 Å². The Morgan fingerprint density at radius 1 is 1.50 bits per heavy atom. The van der Waals surface area contributed by atoms with Crippen LogP contribution in [0.25, 0.3) is 5.65 Å². The van der Waals surface area contributed by atoms with Crippen LogP contribution in [0.4, 0.5) is 0 Å². The second-order valence-corrected chi connectivity index (χ2v) is 4.55. The zero-order valence-electron chi connectivity index (χ0n) is 7.68. The standard InChI is InChI=1S/C10H11N3S/c1-2-5-13-7-8(12-9(13)3-1)10-11-4-6-14-10/h1-3,5,7,10-11H,4,6H2. The van der Waals surface area contributed by atoms with Gasteiger partial charge in [0, 0.05) is 24.7 Å². The molecule has 3 nitrogen and oxygen atoms in total. The molecule has 0 saturated carbocycles. The number of nitrogens with one attached hydrogen (secondary N) is 1. The molecule has 0 bridgehead atoms. The average molecular weight is 205 g/mol. The lowest BCUT2D eigenvalue weighted by Crippen LogP contribution is -2.12. The van der Waals surface area contributed by atoms with Crippen LogP contribution >= 0.6 is 11.8 Å². The van der Waals surface area contributed by atoms with Gasteiger partial charge in [0.15, 0.2) is 0 Å². The highest BCUT2D eigenvalue weighted by Crippen LogP contribution is 2.28. The fraction of sp³-hybridized carbons (Fsp3) is 0.300. The minimum absolute atomic E-state index is 0.384. The second-order valence-electron chi connectivity index (χ2n) is 3.34. The molecule has 0 amide bonds. The maximum atomic E-state index is 4.57. The predicted octanol–water partition coefficient (Wildman–Crippen LogP) is 1.67. The van der Waals surface area contributed by atoms with Crippen LogP contribution in [0.1, 0.15) is 11.1 Å². The Hall–Kier alpha value is -1.00. The number of aromatic nitrogens is 2. The van der Waals surface area contributed by atoms with E-state index in [1.54, 1.807) is 0 Å². The number of pyridine rings is 1. The number of hydrogen-bond acceptors (Lipinski definition) is 3. The first-order chi connectivity index (χ1) is 6.93. The first kappa shape index (κ1) is 8.32. The lowest BCUT2D eigenvalue weighted by atomic mass is 10.4. The molecule has 1 atom stereocenters. The molecule has 0 radical (unpaired) electrons. The minimum Gasteiger partial charge on any atom is -0.307 e. The molecule has 2 aromatic rings. The predicted molar refractivity (Wildman–Crippen MR) is 58.4 cm³/mol. The van der Waals surface area contributed by atoms with Crippen molar-refractivity contribution in [1.82, 2.24) is 14.7 Å². The molecule has 14 heavy (non-hydrogen) atoms. The molecule has 72 valence electrons. The van der Waals surface area contributed by atoms with Gasteiger partial charge in [-0.25, -0.2) is 4.98 Å². The highest BCUT2D eigenvalue weighted by atomic mass is 32.2. The largest absolute Gasteiger partial charge is 0.307 e. The van der Waals surface area contributed by atoms with Gasteiger partial charge in [-0.2, -0.15) is 0 Å². The molecule has 1 saturated heterocycles. The summed E-state index contributed by atoms with van der Waals surface area (Å²) in [5, 5.41) is 3.81. The van der Waals surface area contributed by atoms with Crippen molar-refractivity contribution in [2.75, 3.05) is 12.3 Å². The Bertz CT molecular complexity index is 412. The van der Waals surface area contributed by atoms with Crippen molar-refractivity contribution in [2.45, 2.75) is 5.37 Å². The van der Waals surface area contributed by atoms with E-state index in [2.05, 4.69) is 20.9 Å². The third-order valence-electron chi connectivity index (χ3n) is 2.37. The third kappa shape index (κ3) is 1.31. The number of rotatable bonds is 1. The molecule has 0 aliphatic carbocycles. The summed E-state index contributed by atoms with van der Waals surface area (Å²) in [7, 11) is 0. The second kappa shape index (κ2) is 3.29. The maximum absolute atomic E-state index is 4.57. The number of imidazole rings is 1. The van der Waals surface area contributed by atoms with E-state index in [0.29, 0.717) is 5.37 Å². The van der Waals surface area contributed by atoms with Crippen molar-refractivity contribution >= 4 is 17.4 Å². The van der Waals surface area contributed by atoms with E-state index in [9.17, 15) is 0 Å². The quantitative estimate of drug-likeness (QED) is 0.768. The van der Waals surface area contributed by atoms with E-state index >= 15 is 0 Å². The zero-order chi connectivity index (χ0) is 9.38. The summed E-state index contributed by atoms with van der Waals surface area (Å²) < 4.78 is 2.07. The van der Waals surface area contributed by atoms with E-state index in [1.165, 1.54) is 5.75 Å². The molecular weight excluding hydrogens is 194 g/mol. The highest BCUT2D eigenvalue weighted by Gasteiger charge is 2.19. The van der Waals surface area contributed by atoms with Gasteiger partial charge in [0.25, 0.3) is 0 Å². The van der Waals surface area contributed by atoms with E-state index in [0.717, 1.165) is 17.9 Å². The first-order valence-electron chi connectivity index (χ1n) is 4.72. The van der Waals surface area contributed by atoms with Gasteiger partial charge >= 0.3 is 0 Å². The van der Waals surface area contributed by atoms with Crippen molar-refractivity contribution in [2.24, 2.45) is 0 Å². The molecule has 3 heterocycles. The summed E-state index contributed by atoms with van der Waals surface area (Å²) in [4.78, 5) is 4.57. The van der Waals surface area contributed by atoms with Crippen LogP contribution in [0.3, 0.4) is 0 Å². The van der Waals surface area contributed by atoms with Crippen LogP contribution in [0, 0.1) is 0 Å². The molecule has 1 aliphatic rings. The monoisotopic (exact) mass is 205 g/mol. The summed E-state index contributed by atoms with van der Waals surface area (Å²) in [6.07, 6.45) is 4.14. The van der Waals surface area contributed by atoms with E-state index in [1.807, 2.05) is 36.2 Å². The van der Waals surface area contributed by atoms with Crippen molar-refractivity contribution in [3.8, 4) is 0 Å². The van der Waals surface area contributed by atoms with Gasteiger partial charge in [-0.1, -0.05) is 6.07 Å². The van der Waals surface area contributed by atoms with Gasteiger partial charge < -0.3 is 4.40 Å². The van der Waals surface area contributed by atoms with Crippen LogP contribution in [0.15, 0.2) is 30.6 Å². The molecule has 1 unspecified atom stereocenters. The fourth-order valence-electron chi connectivity index (χ4n) is 1.70. The Labute approximate surface area is 86.5 Å². The summed E-state index contributed by atoms with van der Waals surface area (Å²) >= 11 is 1.92. The zero-order valence-corrected chi connectivity index (χ0v) is 8.50. The maximum Gasteiger partial charge on any atom is 0.137 e. The number of fused-ring (bicyclic) bond motifs is 1. The molecule has 3 rings (SSSR count). The Morgan fingerprint density at radius 2 is 2.50 bits per heavy atom. The molecule has 2 aromatic heterocycles. The van der Waals surface area contributed by atoms with Crippen molar-refractivity contribution < 1.29 is 0 Å². The van der Waals surface area contributed by atoms with Gasteiger partial charge in [-0.3, -0.25) is 5.32 Å². The van der Waals surface area contributed by atoms with Crippen molar-refractivity contribution in [3.63, 3.8) is 0 Å². The van der Waals surface area contributed by atoms with Crippen molar-refractivity contribution in [1.29, 1.82) is 0 Å². The summed E-state index contributed by atoms with van der Waals surface area (Å²) in [5.41, 5.74) is 2.16. The van der Waals surface area contributed by atoms with Crippen LogP contribution in [-0.4, -0.2) is 21.7 Å². The Morgan fingerprint density at radius 3 is 3.29 bits per heavy atom. The van der Waals surface area contributed by atoms with Gasteiger partial charge in [0.1, 0.15) is 5.65 Å². The highest BCUT2D eigenvalue weighted by molar-refractivity contribution is 7.99. The topological polar surface area (TPSA) is 29.3 Å². The van der Waals surface area contributed by atoms with Crippen LogP contribution in [-0.2, 0) is 0 Å². The summed E-state index contributed by atoms with van der Waals surface area (Å²) in [6.45, 7) is 1.09. The molecule has 1 fully saturated rings. The normalized spacial score (nSPS) is 21.9. The van der Waals surface area contributed by atoms with Crippen LogP contribution < -0.4 is 5.32 Å². The number of thioether (sulfide) groups is 1. The number of nitrogens with zero attached hydrogens (tertiary/aromatic N) is 2. The van der Waals surface area contributed by atoms with E-state index < -0.39 is 0 Å². The molecular formula is C10H11N3S. The molecule has 0 aromatic carbocycles. The smallest absolute Gasteiger partial charge is 0.137 e. The molecule has 1 aliphatic heterocycles. The van der Waals surface area contributed by atoms with Gasteiger partial charge in [-0.15, -0.1) is 11.8 Å². The lowest BCUT2D eigenvalue weighted by molar-refractivity contribution is 0.737. The Kier molecular flexibility index (Phi) is 1.96. The molecule has 0 spiro atoms. The van der Waals surface area contributed by atoms with E-state index in [4.69, 9.17) is 0 Å². The first-order valence-corrected chi connectivity index (χ1v) is 5.77. The SMILES string of the molecule is c1ccn2cc(C3NCCS3)nc2c1. The lowest BCUT2D eigenvalue weighted by Gasteiger charge is -2.03. The minimum atomic E-state index is 0.384. The van der Waals surface area contributed by atoms with Crippen molar-refractivity contribution in [3.05, 3.63) is 36.3 Å². The van der Waals surface area contributed by atoms with E-state index in [-0.39, 0.29) is 0 Å². The summed E-state index contributed by atoms with van der Waals surface area (Å²) in [5.74, 6) is 1.18. The van der Waals surface area contributed by atoms with Crippen LogP contribution in [0.2, 0.25) is 0 Å². The Balaban J connectivity index is 2.05. The van der Waals surface area contributed by atoms with Gasteiger partial charge in [0.05, 0.1) is 11.1 Å². The van der Waals surface area contributed by atoms with Gasteiger partial charge in [-0.05, 0) is 12.1 Å². The third-order valence-corrected chi connectivity index (χ3v) is 3.55. The van der Waals surface area contributed by atoms with Crippen LogP contribution in [0.5, 0.6) is 0 Å².